The number of carbonyl (C=O) groups is 1. The van der Waals surface area contributed by atoms with Gasteiger partial charge in [0.15, 0.2) is 4.34 Å². The van der Waals surface area contributed by atoms with Crippen molar-refractivity contribution in [2.45, 2.75) is 41.5 Å². The number of amides is 1. The Balaban J connectivity index is 1.78. The van der Waals surface area contributed by atoms with Crippen LogP contribution in [0.5, 0.6) is 0 Å². The average Bonchev–Trinajstić information content (AvgIpc) is 3.09. The van der Waals surface area contributed by atoms with E-state index < -0.39 is 16.1 Å². The summed E-state index contributed by atoms with van der Waals surface area (Å²) in [5, 5.41) is 11.1. The van der Waals surface area contributed by atoms with Crippen molar-refractivity contribution in [3.63, 3.8) is 0 Å². The number of rotatable bonds is 6. The highest BCUT2D eigenvalue weighted by molar-refractivity contribution is 8.01. The van der Waals surface area contributed by atoms with Gasteiger partial charge in [-0.3, -0.25) is 10.1 Å². The number of hydrogen-bond donors (Lipinski definition) is 1. The second-order valence-electron chi connectivity index (χ2n) is 5.74. The minimum Gasteiger partial charge on any atom is -0.299 e. The summed E-state index contributed by atoms with van der Waals surface area (Å²) in [5.74, 6) is 0.516. The van der Waals surface area contributed by atoms with Gasteiger partial charge in [0.25, 0.3) is 0 Å². The largest absolute Gasteiger partial charge is 0.299 e. The smallest absolute Gasteiger partial charge is 0.244 e. The monoisotopic (exact) mass is 412 g/mol. The van der Waals surface area contributed by atoms with E-state index in [0.717, 1.165) is 22.9 Å². The Morgan fingerprint density at radius 2 is 2.08 bits per heavy atom. The number of sulfonamides is 1. The van der Waals surface area contributed by atoms with Gasteiger partial charge in [0, 0.05) is 6.54 Å². The number of piperidine rings is 1. The second kappa shape index (κ2) is 8.47. The first kappa shape index (κ1) is 19.3. The molecule has 7 nitrogen and oxygen atoms in total. The normalized spacial score (nSPS) is 18.6. The Hall–Kier alpha value is -1.49. The van der Waals surface area contributed by atoms with Crippen molar-refractivity contribution in [2.75, 3.05) is 17.6 Å². The van der Waals surface area contributed by atoms with Gasteiger partial charge in [-0.15, -0.1) is 10.2 Å². The van der Waals surface area contributed by atoms with E-state index in [2.05, 4.69) is 15.5 Å². The molecule has 1 atom stereocenters. The molecule has 0 radical (unpaired) electrons. The number of carbonyl (C=O) groups excluding carboxylic acids is 1. The molecule has 2 aromatic rings. The van der Waals surface area contributed by atoms with Gasteiger partial charge in [-0.05, 0) is 30.7 Å². The molecular weight excluding hydrogens is 392 g/mol. The lowest BCUT2D eigenvalue weighted by Crippen LogP contribution is -2.49. The molecule has 0 saturated carbocycles. The molecule has 1 fully saturated rings. The maximum Gasteiger partial charge on any atom is 0.244 e. The van der Waals surface area contributed by atoms with Gasteiger partial charge < -0.3 is 0 Å². The molecular formula is C16H20N4O3S3. The maximum atomic E-state index is 13.0. The van der Waals surface area contributed by atoms with E-state index in [-0.39, 0.29) is 10.8 Å². The first-order valence-corrected chi connectivity index (χ1v) is 11.6. The van der Waals surface area contributed by atoms with Crippen LogP contribution in [0, 0.1) is 0 Å². The van der Waals surface area contributed by atoms with Gasteiger partial charge in [0.2, 0.25) is 21.1 Å². The number of anilines is 1. The van der Waals surface area contributed by atoms with E-state index in [1.807, 2.05) is 6.92 Å². The Morgan fingerprint density at radius 1 is 1.31 bits per heavy atom. The molecule has 1 aliphatic rings. The fraction of sp³-hybridized carbons (Fsp3) is 0.438. The van der Waals surface area contributed by atoms with Crippen molar-refractivity contribution in [3.8, 4) is 0 Å². The predicted molar refractivity (Wildman–Crippen MR) is 103 cm³/mol. The molecule has 1 aromatic carbocycles. The lowest BCUT2D eigenvalue weighted by molar-refractivity contribution is -0.120. The van der Waals surface area contributed by atoms with E-state index >= 15 is 0 Å². The minimum atomic E-state index is -3.72. The lowest BCUT2D eigenvalue weighted by Gasteiger charge is -2.33. The van der Waals surface area contributed by atoms with Crippen LogP contribution in [0.1, 0.15) is 26.2 Å². The third-order valence-electron chi connectivity index (χ3n) is 4.01. The van der Waals surface area contributed by atoms with Crippen LogP contribution in [0.15, 0.2) is 39.6 Å². The molecule has 1 saturated heterocycles. The third-order valence-corrected chi connectivity index (χ3v) is 7.79. The summed E-state index contributed by atoms with van der Waals surface area (Å²) >= 11 is 2.84. The van der Waals surface area contributed by atoms with E-state index in [0.29, 0.717) is 18.1 Å². The second-order valence-corrected chi connectivity index (χ2v) is 10.1. The van der Waals surface area contributed by atoms with E-state index in [9.17, 15) is 13.2 Å². The fourth-order valence-electron chi connectivity index (χ4n) is 2.81. The SMILES string of the molecule is CCSc1nnc(NC(=O)C2CCCCN2S(=O)(=O)c2ccccc2)s1. The Labute approximate surface area is 161 Å². The molecule has 26 heavy (non-hydrogen) atoms. The highest BCUT2D eigenvalue weighted by Gasteiger charge is 2.37. The van der Waals surface area contributed by atoms with E-state index in [1.54, 1.807) is 42.1 Å². The molecule has 2 heterocycles. The number of nitrogens with zero attached hydrogens (tertiary/aromatic N) is 3. The van der Waals surface area contributed by atoms with Gasteiger partial charge in [-0.1, -0.05) is 54.6 Å². The quantitative estimate of drug-likeness (QED) is 0.579. The molecule has 0 spiro atoms. The zero-order chi connectivity index (χ0) is 18.6. The zero-order valence-electron chi connectivity index (χ0n) is 14.3. The third kappa shape index (κ3) is 4.25. The van der Waals surface area contributed by atoms with Crippen molar-refractivity contribution in [1.82, 2.24) is 14.5 Å². The molecule has 1 aromatic heterocycles. The summed E-state index contributed by atoms with van der Waals surface area (Å²) in [6, 6.07) is 7.50. The summed E-state index contributed by atoms with van der Waals surface area (Å²) in [6.07, 6.45) is 2.05. The molecule has 1 aliphatic heterocycles. The lowest BCUT2D eigenvalue weighted by atomic mass is 10.0. The van der Waals surface area contributed by atoms with Crippen molar-refractivity contribution in [2.24, 2.45) is 0 Å². The van der Waals surface area contributed by atoms with Crippen LogP contribution in [0.4, 0.5) is 5.13 Å². The first-order valence-electron chi connectivity index (χ1n) is 8.36. The van der Waals surface area contributed by atoms with Crippen molar-refractivity contribution >= 4 is 44.2 Å². The number of nitrogens with one attached hydrogen (secondary N) is 1. The molecule has 3 rings (SSSR count). The molecule has 0 aliphatic carbocycles. The van der Waals surface area contributed by atoms with Gasteiger partial charge in [-0.25, -0.2) is 8.42 Å². The predicted octanol–water partition coefficient (Wildman–Crippen LogP) is 2.83. The fourth-order valence-corrected chi connectivity index (χ4v) is 6.14. The Bertz CT molecular complexity index is 855. The minimum absolute atomic E-state index is 0.206. The maximum absolute atomic E-state index is 13.0. The summed E-state index contributed by atoms with van der Waals surface area (Å²) in [7, 11) is -3.72. The van der Waals surface area contributed by atoms with Gasteiger partial charge in [0.05, 0.1) is 4.90 Å². The summed E-state index contributed by atoms with van der Waals surface area (Å²) in [5.41, 5.74) is 0. The van der Waals surface area contributed by atoms with Crippen LogP contribution in [0.3, 0.4) is 0 Å². The zero-order valence-corrected chi connectivity index (χ0v) is 16.7. The van der Waals surface area contributed by atoms with E-state index in [1.165, 1.54) is 15.6 Å². The Kier molecular flexibility index (Phi) is 6.28. The van der Waals surface area contributed by atoms with Gasteiger partial charge in [-0.2, -0.15) is 4.31 Å². The van der Waals surface area contributed by atoms with Crippen LogP contribution in [0.25, 0.3) is 0 Å². The standard InChI is InChI=1S/C16H20N4O3S3/c1-2-24-16-19-18-15(25-16)17-14(21)13-10-6-7-11-20(13)26(22,23)12-8-4-3-5-9-12/h3-5,8-9,13H,2,6-7,10-11H2,1H3,(H,17,18,21). The topological polar surface area (TPSA) is 92.3 Å². The van der Waals surface area contributed by atoms with Crippen LogP contribution in [-0.2, 0) is 14.8 Å². The number of thioether (sulfide) groups is 1. The van der Waals surface area contributed by atoms with Gasteiger partial charge in [0.1, 0.15) is 6.04 Å². The average molecular weight is 413 g/mol. The highest BCUT2D eigenvalue weighted by Crippen LogP contribution is 2.28. The molecule has 1 N–H and O–H groups in total. The summed E-state index contributed by atoms with van der Waals surface area (Å²) in [6.45, 7) is 2.35. The van der Waals surface area contributed by atoms with E-state index in [4.69, 9.17) is 0 Å². The Morgan fingerprint density at radius 3 is 2.81 bits per heavy atom. The molecule has 140 valence electrons. The van der Waals surface area contributed by atoms with Crippen molar-refractivity contribution < 1.29 is 13.2 Å². The van der Waals surface area contributed by atoms with Crippen LogP contribution >= 0.6 is 23.1 Å². The van der Waals surface area contributed by atoms with Crippen LogP contribution < -0.4 is 5.32 Å². The van der Waals surface area contributed by atoms with Crippen molar-refractivity contribution in [1.29, 1.82) is 0 Å². The number of hydrogen-bond acceptors (Lipinski definition) is 7. The molecule has 10 heteroatoms. The summed E-state index contributed by atoms with van der Waals surface area (Å²) in [4.78, 5) is 12.9. The van der Waals surface area contributed by atoms with Crippen LogP contribution in [-0.4, -0.2) is 47.2 Å². The number of aromatic nitrogens is 2. The van der Waals surface area contributed by atoms with Crippen LogP contribution in [0.2, 0.25) is 0 Å². The van der Waals surface area contributed by atoms with Gasteiger partial charge >= 0.3 is 0 Å². The summed E-state index contributed by atoms with van der Waals surface area (Å²) < 4.78 is 28.0. The van der Waals surface area contributed by atoms with Crippen molar-refractivity contribution in [3.05, 3.63) is 30.3 Å². The molecule has 0 bridgehead atoms. The molecule has 1 amide bonds. The highest BCUT2D eigenvalue weighted by atomic mass is 32.2. The first-order chi connectivity index (χ1) is 12.5. The number of benzene rings is 1. The molecule has 1 unspecified atom stereocenters.